The molecule has 1 atom stereocenters. The predicted octanol–water partition coefficient (Wildman–Crippen LogP) is 2.28. The summed E-state index contributed by atoms with van der Waals surface area (Å²) in [6.07, 6.45) is 2.31. The fourth-order valence-electron chi connectivity index (χ4n) is 4.24. The molecule has 5 rings (SSSR count). The summed E-state index contributed by atoms with van der Waals surface area (Å²) in [4.78, 5) is 26.5. The molecular weight excluding hydrogens is 368 g/mol. The molecule has 1 aromatic carbocycles. The van der Waals surface area contributed by atoms with Gasteiger partial charge in [0.2, 0.25) is 5.95 Å². The first-order chi connectivity index (χ1) is 13.4. The molecule has 0 radical (unpaired) electrons. The number of halogens is 2. The van der Waals surface area contributed by atoms with Gasteiger partial charge in [-0.25, -0.2) is 23.5 Å². The van der Waals surface area contributed by atoms with Crippen LogP contribution in [0.3, 0.4) is 0 Å². The molecule has 1 unspecified atom stereocenters. The number of carbonyl (C=O) groups excluding carboxylic acids is 1. The zero-order valence-corrected chi connectivity index (χ0v) is 15.3. The van der Waals surface area contributed by atoms with E-state index in [4.69, 9.17) is 4.74 Å². The van der Waals surface area contributed by atoms with Gasteiger partial charge >= 0.3 is 6.03 Å². The molecule has 3 aliphatic rings. The average molecular weight is 387 g/mol. The Balaban J connectivity index is 1.25. The SMILES string of the molecule is CC1COc2cc(F)ccc2N1C(=O)N1CC2(C1)CN(c1ncc(F)cn1)C2. The summed E-state index contributed by atoms with van der Waals surface area (Å²) >= 11 is 0. The van der Waals surface area contributed by atoms with Gasteiger partial charge in [-0.2, -0.15) is 0 Å². The third-order valence-electron chi connectivity index (χ3n) is 5.57. The van der Waals surface area contributed by atoms with Crippen molar-refractivity contribution >= 4 is 17.7 Å². The molecule has 2 fully saturated rings. The number of ether oxygens (including phenoxy) is 1. The van der Waals surface area contributed by atoms with Crippen molar-refractivity contribution in [3.8, 4) is 5.75 Å². The largest absolute Gasteiger partial charge is 0.489 e. The summed E-state index contributed by atoms with van der Waals surface area (Å²) in [6, 6.07) is 4.01. The van der Waals surface area contributed by atoms with E-state index in [0.717, 1.165) is 25.5 Å². The van der Waals surface area contributed by atoms with Gasteiger partial charge in [0.15, 0.2) is 5.82 Å². The van der Waals surface area contributed by atoms with E-state index in [1.807, 2.05) is 11.8 Å². The summed E-state index contributed by atoms with van der Waals surface area (Å²) < 4.78 is 32.0. The Hall–Kier alpha value is -2.97. The van der Waals surface area contributed by atoms with Crippen LogP contribution in [0.15, 0.2) is 30.6 Å². The Kier molecular flexibility index (Phi) is 3.68. The summed E-state index contributed by atoms with van der Waals surface area (Å²) in [5.74, 6) is 0.0555. The van der Waals surface area contributed by atoms with E-state index in [9.17, 15) is 13.6 Å². The molecule has 4 heterocycles. The van der Waals surface area contributed by atoms with E-state index in [1.54, 1.807) is 15.9 Å². The van der Waals surface area contributed by atoms with Gasteiger partial charge in [0.1, 0.15) is 18.2 Å². The number of amides is 2. The Morgan fingerprint density at radius 1 is 1.14 bits per heavy atom. The lowest BCUT2D eigenvalue weighted by Crippen LogP contribution is -2.74. The van der Waals surface area contributed by atoms with Crippen LogP contribution in [0.25, 0.3) is 0 Å². The van der Waals surface area contributed by atoms with Gasteiger partial charge in [-0.1, -0.05) is 0 Å². The van der Waals surface area contributed by atoms with Gasteiger partial charge in [0, 0.05) is 37.7 Å². The van der Waals surface area contributed by atoms with Crippen molar-refractivity contribution in [1.82, 2.24) is 14.9 Å². The Morgan fingerprint density at radius 2 is 1.86 bits per heavy atom. The maximum absolute atomic E-state index is 13.5. The molecule has 0 saturated carbocycles. The first-order valence-corrected chi connectivity index (χ1v) is 9.17. The molecule has 2 amide bonds. The highest BCUT2D eigenvalue weighted by Crippen LogP contribution is 2.43. The second-order valence-electron chi connectivity index (χ2n) is 7.84. The molecule has 9 heteroatoms. The minimum atomic E-state index is -0.459. The summed E-state index contributed by atoms with van der Waals surface area (Å²) in [5, 5.41) is 0. The van der Waals surface area contributed by atoms with Crippen LogP contribution in [0.2, 0.25) is 0 Å². The quantitative estimate of drug-likeness (QED) is 0.751. The van der Waals surface area contributed by atoms with Crippen molar-refractivity contribution in [1.29, 1.82) is 0 Å². The second-order valence-corrected chi connectivity index (χ2v) is 7.84. The van der Waals surface area contributed by atoms with Crippen LogP contribution in [0.5, 0.6) is 5.75 Å². The van der Waals surface area contributed by atoms with E-state index in [2.05, 4.69) is 9.97 Å². The van der Waals surface area contributed by atoms with Gasteiger partial charge in [-0.05, 0) is 19.1 Å². The van der Waals surface area contributed by atoms with Crippen LogP contribution in [-0.4, -0.2) is 59.7 Å². The number of likely N-dealkylation sites (tertiary alicyclic amines) is 1. The Bertz CT molecular complexity index is 924. The molecule has 2 aromatic rings. The Labute approximate surface area is 160 Å². The number of hydrogen-bond acceptors (Lipinski definition) is 5. The first kappa shape index (κ1) is 17.2. The van der Waals surface area contributed by atoms with Crippen molar-refractivity contribution in [2.24, 2.45) is 5.41 Å². The van der Waals surface area contributed by atoms with Crippen LogP contribution in [0.1, 0.15) is 6.92 Å². The topological polar surface area (TPSA) is 61.8 Å². The fraction of sp³-hybridized carbons (Fsp3) is 0.421. The Morgan fingerprint density at radius 3 is 2.57 bits per heavy atom. The molecule has 146 valence electrons. The monoisotopic (exact) mass is 387 g/mol. The second kappa shape index (κ2) is 6.02. The van der Waals surface area contributed by atoms with Crippen molar-refractivity contribution in [3.05, 3.63) is 42.2 Å². The summed E-state index contributed by atoms with van der Waals surface area (Å²) in [6.45, 7) is 5.01. The van der Waals surface area contributed by atoms with E-state index in [-0.39, 0.29) is 23.3 Å². The lowest BCUT2D eigenvalue weighted by Gasteiger charge is -2.60. The van der Waals surface area contributed by atoms with Gasteiger partial charge in [-0.3, -0.25) is 4.90 Å². The zero-order chi connectivity index (χ0) is 19.5. The number of rotatable bonds is 1. The third kappa shape index (κ3) is 2.64. The van der Waals surface area contributed by atoms with Crippen molar-refractivity contribution in [2.45, 2.75) is 13.0 Å². The summed E-state index contributed by atoms with van der Waals surface area (Å²) in [5.41, 5.74) is 0.634. The lowest BCUT2D eigenvalue weighted by molar-refractivity contribution is 0.00812. The number of aromatic nitrogens is 2. The predicted molar refractivity (Wildman–Crippen MR) is 97.4 cm³/mol. The molecule has 7 nitrogen and oxygen atoms in total. The minimum Gasteiger partial charge on any atom is -0.489 e. The molecule has 1 spiro atoms. The molecule has 28 heavy (non-hydrogen) atoms. The first-order valence-electron chi connectivity index (χ1n) is 9.17. The molecular formula is C19H19F2N5O2. The highest BCUT2D eigenvalue weighted by Gasteiger charge is 2.55. The van der Waals surface area contributed by atoms with Gasteiger partial charge < -0.3 is 14.5 Å². The standard InChI is InChI=1S/C19H19F2N5O2/c1-12-7-28-16-4-13(20)2-3-15(16)26(12)18(27)25-10-19(11-25)8-24(9-19)17-22-5-14(21)6-23-17/h2-6,12H,7-11H2,1H3. The normalized spacial score (nSPS) is 22.2. The van der Waals surface area contributed by atoms with Gasteiger partial charge in [0.25, 0.3) is 0 Å². The molecule has 0 aliphatic carbocycles. The molecule has 2 saturated heterocycles. The van der Waals surface area contributed by atoms with Crippen LogP contribution >= 0.6 is 0 Å². The highest BCUT2D eigenvalue weighted by atomic mass is 19.1. The maximum Gasteiger partial charge on any atom is 0.325 e. The van der Waals surface area contributed by atoms with Crippen LogP contribution in [-0.2, 0) is 0 Å². The molecule has 1 aromatic heterocycles. The lowest BCUT2D eigenvalue weighted by atomic mass is 9.73. The smallest absolute Gasteiger partial charge is 0.325 e. The zero-order valence-electron chi connectivity index (χ0n) is 15.3. The number of carbonyl (C=O) groups is 1. The van der Waals surface area contributed by atoms with Crippen LogP contribution in [0, 0.1) is 17.0 Å². The van der Waals surface area contributed by atoms with Crippen LogP contribution in [0.4, 0.5) is 25.2 Å². The number of nitrogens with zero attached hydrogens (tertiary/aromatic N) is 5. The van der Waals surface area contributed by atoms with Crippen molar-refractivity contribution in [3.63, 3.8) is 0 Å². The molecule has 0 bridgehead atoms. The third-order valence-corrected chi connectivity index (χ3v) is 5.57. The van der Waals surface area contributed by atoms with Crippen molar-refractivity contribution in [2.75, 3.05) is 42.6 Å². The van der Waals surface area contributed by atoms with Gasteiger partial charge in [-0.15, -0.1) is 0 Å². The number of urea groups is 1. The van der Waals surface area contributed by atoms with E-state index >= 15 is 0 Å². The summed E-state index contributed by atoms with van der Waals surface area (Å²) in [7, 11) is 0. The van der Waals surface area contributed by atoms with E-state index in [1.165, 1.54) is 12.1 Å². The number of anilines is 2. The molecule has 3 aliphatic heterocycles. The number of fused-ring (bicyclic) bond motifs is 1. The average Bonchev–Trinajstić information content (AvgIpc) is 2.60. The number of hydrogen-bond donors (Lipinski definition) is 0. The van der Waals surface area contributed by atoms with Crippen LogP contribution < -0.4 is 14.5 Å². The van der Waals surface area contributed by atoms with Gasteiger partial charge in [0.05, 0.1) is 24.1 Å². The maximum atomic E-state index is 13.5. The highest BCUT2D eigenvalue weighted by molar-refractivity contribution is 5.95. The molecule has 0 N–H and O–H groups in total. The minimum absolute atomic E-state index is 0.0363. The van der Waals surface area contributed by atoms with Crippen molar-refractivity contribution < 1.29 is 18.3 Å². The van der Waals surface area contributed by atoms with E-state index < -0.39 is 5.82 Å². The van der Waals surface area contributed by atoms with E-state index in [0.29, 0.717) is 37.1 Å². The number of benzene rings is 1. The fourth-order valence-corrected chi connectivity index (χ4v) is 4.24.